The molecule has 0 saturated heterocycles. The Hall–Kier alpha value is -2.85. The summed E-state index contributed by atoms with van der Waals surface area (Å²) in [5.41, 5.74) is -1.14. The van der Waals surface area contributed by atoms with Crippen molar-refractivity contribution in [1.82, 2.24) is 0 Å². The second kappa shape index (κ2) is 6.95. The fraction of sp³-hybridized carbons (Fsp3) is 0.0667. The molecular weight excluding hydrogens is 362 g/mol. The molecule has 10 heteroatoms. The number of hydrogen-bond acceptors (Lipinski definition) is 6. The van der Waals surface area contributed by atoms with Crippen LogP contribution >= 0.6 is 0 Å². The SMILES string of the molecule is COc1c(F)c(F)cc(C(=O)OC(=O)c2ccccc2)c1S(=O)(=O)O. The number of rotatable bonds is 4. The minimum Gasteiger partial charge on any atom is -0.492 e. The molecule has 0 amide bonds. The van der Waals surface area contributed by atoms with Crippen molar-refractivity contribution in [3.8, 4) is 5.75 Å². The number of methoxy groups -OCH3 is 1. The van der Waals surface area contributed by atoms with Crippen molar-refractivity contribution < 1.29 is 40.8 Å². The average Bonchev–Trinajstić information content (AvgIpc) is 2.56. The fourth-order valence-electron chi connectivity index (χ4n) is 1.95. The quantitative estimate of drug-likeness (QED) is 0.498. The topological polar surface area (TPSA) is 107 Å². The van der Waals surface area contributed by atoms with Gasteiger partial charge in [0.05, 0.1) is 18.2 Å². The van der Waals surface area contributed by atoms with Gasteiger partial charge in [0.15, 0.2) is 16.5 Å². The first-order valence-corrected chi connectivity index (χ1v) is 7.95. The number of esters is 2. The van der Waals surface area contributed by atoms with E-state index in [0.717, 1.165) is 7.11 Å². The molecule has 2 aromatic rings. The normalized spacial score (nSPS) is 11.0. The largest absolute Gasteiger partial charge is 0.492 e. The van der Waals surface area contributed by atoms with Crippen molar-refractivity contribution in [2.45, 2.75) is 4.90 Å². The number of carbonyl (C=O) groups excluding carboxylic acids is 2. The lowest BCUT2D eigenvalue weighted by Crippen LogP contribution is -2.18. The molecule has 0 atom stereocenters. The first kappa shape index (κ1) is 18.5. The van der Waals surface area contributed by atoms with Gasteiger partial charge in [0, 0.05) is 0 Å². The number of carbonyl (C=O) groups is 2. The van der Waals surface area contributed by atoms with Crippen molar-refractivity contribution in [1.29, 1.82) is 0 Å². The smallest absolute Gasteiger partial charge is 0.347 e. The van der Waals surface area contributed by atoms with E-state index in [2.05, 4.69) is 9.47 Å². The van der Waals surface area contributed by atoms with Crippen molar-refractivity contribution in [3.05, 3.63) is 59.2 Å². The maximum Gasteiger partial charge on any atom is 0.347 e. The standard InChI is InChI=1S/C15H10F2O7S/c1-23-12-11(17)10(16)7-9(13(12)25(20,21)22)15(19)24-14(18)8-5-3-2-4-6-8/h2-7H,1H3,(H,20,21,22). The van der Waals surface area contributed by atoms with Gasteiger partial charge in [0.25, 0.3) is 10.1 Å². The Bertz CT molecular complexity index is 940. The Labute approximate surface area is 140 Å². The van der Waals surface area contributed by atoms with E-state index < -0.39 is 49.9 Å². The van der Waals surface area contributed by atoms with Crippen LogP contribution in [-0.4, -0.2) is 32.0 Å². The Morgan fingerprint density at radius 3 is 2.20 bits per heavy atom. The molecule has 0 radical (unpaired) electrons. The van der Waals surface area contributed by atoms with Crippen LogP contribution in [0.2, 0.25) is 0 Å². The third kappa shape index (κ3) is 3.80. The van der Waals surface area contributed by atoms with Crippen LogP contribution in [0.1, 0.15) is 20.7 Å². The number of hydrogen-bond donors (Lipinski definition) is 1. The van der Waals surface area contributed by atoms with E-state index in [9.17, 15) is 31.3 Å². The molecule has 0 aromatic heterocycles. The van der Waals surface area contributed by atoms with Crippen LogP contribution in [0.5, 0.6) is 5.75 Å². The summed E-state index contributed by atoms with van der Waals surface area (Å²) in [4.78, 5) is 22.6. The van der Waals surface area contributed by atoms with Gasteiger partial charge in [-0.25, -0.2) is 14.0 Å². The van der Waals surface area contributed by atoms with Crippen molar-refractivity contribution in [2.75, 3.05) is 7.11 Å². The van der Waals surface area contributed by atoms with Crippen molar-refractivity contribution >= 4 is 22.1 Å². The molecule has 25 heavy (non-hydrogen) atoms. The van der Waals surface area contributed by atoms with E-state index in [0.29, 0.717) is 0 Å². The van der Waals surface area contributed by atoms with Crippen LogP contribution < -0.4 is 4.74 Å². The molecular formula is C15H10F2O7S. The molecule has 1 N–H and O–H groups in total. The van der Waals surface area contributed by atoms with E-state index in [1.807, 2.05) is 0 Å². The van der Waals surface area contributed by atoms with Crippen LogP contribution in [0, 0.1) is 11.6 Å². The number of benzene rings is 2. The Morgan fingerprint density at radius 1 is 1.08 bits per heavy atom. The lowest BCUT2D eigenvalue weighted by Gasteiger charge is -2.12. The van der Waals surface area contributed by atoms with Crippen LogP contribution in [0.25, 0.3) is 0 Å². The second-order valence-corrected chi connectivity index (χ2v) is 5.96. The highest BCUT2D eigenvalue weighted by atomic mass is 32.2. The minimum absolute atomic E-state index is 0.0428. The number of ether oxygens (including phenoxy) is 2. The summed E-state index contributed by atoms with van der Waals surface area (Å²) in [5.74, 6) is -7.36. The van der Waals surface area contributed by atoms with E-state index in [1.165, 1.54) is 24.3 Å². The zero-order chi connectivity index (χ0) is 18.8. The third-order valence-corrected chi connectivity index (χ3v) is 3.93. The fourth-order valence-corrected chi connectivity index (χ4v) is 2.78. The van der Waals surface area contributed by atoms with Gasteiger partial charge in [-0.1, -0.05) is 18.2 Å². The summed E-state index contributed by atoms with van der Waals surface area (Å²) in [6.45, 7) is 0. The molecule has 0 bridgehead atoms. The van der Waals surface area contributed by atoms with E-state index in [4.69, 9.17) is 0 Å². The van der Waals surface area contributed by atoms with Crippen molar-refractivity contribution in [3.63, 3.8) is 0 Å². The first-order chi connectivity index (χ1) is 11.7. The maximum absolute atomic E-state index is 13.7. The van der Waals surface area contributed by atoms with Crippen LogP contribution in [0.3, 0.4) is 0 Å². The summed E-state index contributed by atoms with van der Waals surface area (Å²) in [7, 11) is -4.40. The molecule has 2 rings (SSSR count). The summed E-state index contributed by atoms with van der Waals surface area (Å²) in [6, 6.07) is 7.35. The predicted octanol–water partition coefficient (Wildman–Crippen LogP) is 2.22. The summed E-state index contributed by atoms with van der Waals surface area (Å²) in [5, 5.41) is 0. The average molecular weight is 372 g/mol. The van der Waals surface area contributed by atoms with E-state index >= 15 is 0 Å². The second-order valence-electron chi connectivity index (χ2n) is 4.60. The molecule has 0 unspecified atom stereocenters. The minimum atomic E-state index is -5.20. The molecule has 0 saturated carbocycles. The van der Waals surface area contributed by atoms with Crippen LogP contribution in [0.4, 0.5) is 8.78 Å². The lowest BCUT2D eigenvalue weighted by molar-refractivity contribution is 0.0393. The molecule has 7 nitrogen and oxygen atoms in total. The van der Waals surface area contributed by atoms with Gasteiger partial charge in [-0.2, -0.15) is 12.8 Å². The summed E-state index contributed by atoms with van der Waals surface area (Å²) < 4.78 is 68.2. The third-order valence-electron chi connectivity index (χ3n) is 3.01. The van der Waals surface area contributed by atoms with Gasteiger partial charge in [-0.05, 0) is 18.2 Å². The Morgan fingerprint density at radius 2 is 1.68 bits per heavy atom. The van der Waals surface area contributed by atoms with E-state index in [1.54, 1.807) is 6.07 Å². The van der Waals surface area contributed by atoms with Crippen LogP contribution in [-0.2, 0) is 14.9 Å². The van der Waals surface area contributed by atoms with Gasteiger partial charge in [0.1, 0.15) is 0 Å². The summed E-state index contributed by atoms with van der Waals surface area (Å²) in [6.07, 6.45) is 0. The van der Waals surface area contributed by atoms with Gasteiger partial charge in [-0.3, -0.25) is 4.55 Å². The monoisotopic (exact) mass is 372 g/mol. The Kier molecular flexibility index (Phi) is 5.14. The highest BCUT2D eigenvalue weighted by molar-refractivity contribution is 7.86. The molecule has 2 aromatic carbocycles. The van der Waals surface area contributed by atoms with Crippen LogP contribution in [0.15, 0.2) is 41.3 Å². The van der Waals surface area contributed by atoms with Gasteiger partial charge < -0.3 is 9.47 Å². The lowest BCUT2D eigenvalue weighted by atomic mass is 10.2. The molecule has 0 heterocycles. The molecule has 132 valence electrons. The Balaban J connectivity index is 2.53. The van der Waals surface area contributed by atoms with Gasteiger partial charge in [0.2, 0.25) is 5.82 Å². The van der Waals surface area contributed by atoms with E-state index in [-0.39, 0.29) is 11.6 Å². The van der Waals surface area contributed by atoms with Gasteiger partial charge in [-0.15, -0.1) is 0 Å². The predicted molar refractivity (Wildman–Crippen MR) is 78.9 cm³/mol. The molecule has 0 spiro atoms. The highest BCUT2D eigenvalue weighted by Gasteiger charge is 2.32. The van der Waals surface area contributed by atoms with Crippen molar-refractivity contribution in [2.24, 2.45) is 0 Å². The maximum atomic E-state index is 13.7. The highest BCUT2D eigenvalue weighted by Crippen LogP contribution is 2.33. The van der Waals surface area contributed by atoms with Gasteiger partial charge >= 0.3 is 11.9 Å². The molecule has 0 fully saturated rings. The molecule has 0 aliphatic carbocycles. The molecule has 0 aliphatic rings. The first-order valence-electron chi connectivity index (χ1n) is 6.51. The zero-order valence-electron chi connectivity index (χ0n) is 12.5. The number of halogens is 2. The zero-order valence-corrected chi connectivity index (χ0v) is 13.3. The molecule has 0 aliphatic heterocycles. The summed E-state index contributed by atoms with van der Waals surface area (Å²) >= 11 is 0.